The Balaban J connectivity index is 1.98. The van der Waals surface area contributed by atoms with E-state index in [0.717, 1.165) is 24.2 Å². The molecule has 1 N–H and O–H groups in total. The van der Waals surface area contributed by atoms with Crippen molar-refractivity contribution in [2.24, 2.45) is 23.7 Å². The molecule has 1 amide bonds. The van der Waals surface area contributed by atoms with E-state index in [2.05, 4.69) is 6.92 Å². The number of carboxylic acids is 1. The van der Waals surface area contributed by atoms with E-state index in [1.165, 1.54) is 0 Å². The highest BCUT2D eigenvalue weighted by Crippen LogP contribution is 2.39. The molecular weight excluding hydrogens is 287 g/mol. The predicted octanol–water partition coefficient (Wildman–Crippen LogP) is 2.53. The van der Waals surface area contributed by atoms with Crippen molar-refractivity contribution in [3.8, 4) is 0 Å². The van der Waals surface area contributed by atoms with Gasteiger partial charge in [-0.15, -0.1) is 0 Å². The Labute approximate surface area is 121 Å². The molecule has 2 aliphatic rings. The van der Waals surface area contributed by atoms with Gasteiger partial charge < -0.3 is 10.0 Å². The quantitative estimate of drug-likeness (QED) is 0.871. The van der Waals surface area contributed by atoms with E-state index in [0.29, 0.717) is 5.92 Å². The summed E-state index contributed by atoms with van der Waals surface area (Å²) < 4.78 is 38.6. The number of nitrogens with zero attached hydrogens (tertiary/aromatic N) is 1. The third-order valence-corrected chi connectivity index (χ3v) is 4.68. The Hall–Kier alpha value is -1.27. The van der Waals surface area contributed by atoms with Crippen molar-refractivity contribution in [2.45, 2.75) is 38.8 Å². The van der Waals surface area contributed by atoms with Crippen molar-refractivity contribution in [3.63, 3.8) is 0 Å². The van der Waals surface area contributed by atoms with Crippen LogP contribution < -0.4 is 0 Å². The number of hydrogen-bond donors (Lipinski definition) is 1. The van der Waals surface area contributed by atoms with Crippen molar-refractivity contribution in [1.29, 1.82) is 0 Å². The standard InChI is InChI=1S/C14H20F3NO3/c1-8-2-3-9(4-8)5-12(19)18-6-10(13(20)21)11(7-18)14(15,16)17/h8-11H,2-7H2,1H3,(H,20,21)/t8?,9?,10-,11-/m1/s1. The molecule has 2 rings (SSSR count). The number of carbonyl (C=O) groups is 2. The normalized spacial score (nSPS) is 33.4. The minimum Gasteiger partial charge on any atom is -0.481 e. The Morgan fingerprint density at radius 3 is 2.33 bits per heavy atom. The van der Waals surface area contributed by atoms with Crippen LogP contribution in [0.15, 0.2) is 0 Å². The smallest absolute Gasteiger partial charge is 0.394 e. The van der Waals surface area contributed by atoms with Crippen LogP contribution in [0.5, 0.6) is 0 Å². The number of likely N-dealkylation sites (tertiary alicyclic amines) is 1. The van der Waals surface area contributed by atoms with Crippen LogP contribution in [0.2, 0.25) is 0 Å². The van der Waals surface area contributed by atoms with E-state index in [1.54, 1.807) is 0 Å². The van der Waals surface area contributed by atoms with Gasteiger partial charge >= 0.3 is 12.1 Å². The number of carbonyl (C=O) groups excluding carboxylic acids is 1. The maximum atomic E-state index is 12.9. The average molecular weight is 307 g/mol. The van der Waals surface area contributed by atoms with E-state index in [1.807, 2.05) is 0 Å². The largest absolute Gasteiger partial charge is 0.481 e. The molecule has 0 aromatic rings. The lowest BCUT2D eigenvalue weighted by atomic mass is 9.96. The molecule has 7 heteroatoms. The lowest BCUT2D eigenvalue weighted by molar-refractivity contribution is -0.188. The summed E-state index contributed by atoms with van der Waals surface area (Å²) in [5, 5.41) is 8.93. The maximum Gasteiger partial charge on any atom is 0.394 e. The fourth-order valence-corrected chi connectivity index (χ4v) is 3.48. The fraction of sp³-hybridized carbons (Fsp3) is 0.857. The van der Waals surface area contributed by atoms with Gasteiger partial charge in [0.25, 0.3) is 0 Å². The highest BCUT2D eigenvalue weighted by Gasteiger charge is 2.53. The zero-order valence-corrected chi connectivity index (χ0v) is 11.9. The second-order valence-corrected chi connectivity index (χ2v) is 6.38. The predicted molar refractivity (Wildman–Crippen MR) is 68.4 cm³/mol. The lowest BCUT2D eigenvalue weighted by Crippen LogP contribution is -2.34. The number of carboxylic acid groups (broad SMARTS) is 1. The Kier molecular flexibility index (Phi) is 4.49. The molecule has 1 saturated heterocycles. The van der Waals surface area contributed by atoms with Gasteiger partial charge in [0, 0.05) is 19.5 Å². The van der Waals surface area contributed by atoms with Crippen LogP contribution in [0.25, 0.3) is 0 Å². The molecule has 0 aromatic heterocycles. The highest BCUT2D eigenvalue weighted by molar-refractivity contribution is 5.79. The van der Waals surface area contributed by atoms with E-state index >= 15 is 0 Å². The van der Waals surface area contributed by atoms with Crippen LogP contribution in [0.3, 0.4) is 0 Å². The Morgan fingerprint density at radius 2 is 1.90 bits per heavy atom. The molecule has 1 saturated carbocycles. The molecule has 0 radical (unpaired) electrons. The summed E-state index contributed by atoms with van der Waals surface area (Å²) in [6.45, 7) is 1.24. The summed E-state index contributed by atoms with van der Waals surface area (Å²) in [6, 6.07) is 0. The zero-order chi connectivity index (χ0) is 15.8. The lowest BCUT2D eigenvalue weighted by Gasteiger charge is -2.19. The molecule has 0 aromatic carbocycles. The van der Waals surface area contributed by atoms with Crippen LogP contribution in [-0.4, -0.2) is 41.1 Å². The molecule has 2 unspecified atom stereocenters. The third kappa shape index (κ3) is 3.68. The highest BCUT2D eigenvalue weighted by atomic mass is 19.4. The van der Waals surface area contributed by atoms with Crippen LogP contribution in [0.4, 0.5) is 13.2 Å². The Bertz CT molecular complexity index is 424. The number of amides is 1. The molecule has 1 aliphatic carbocycles. The molecule has 2 fully saturated rings. The summed E-state index contributed by atoms with van der Waals surface area (Å²) in [5.74, 6) is -4.55. The molecule has 1 aliphatic heterocycles. The first kappa shape index (κ1) is 16.1. The second-order valence-electron chi connectivity index (χ2n) is 6.38. The van der Waals surface area contributed by atoms with Gasteiger partial charge in [0.15, 0.2) is 0 Å². The summed E-state index contributed by atoms with van der Waals surface area (Å²) in [5.41, 5.74) is 0. The monoisotopic (exact) mass is 307 g/mol. The number of halogens is 3. The van der Waals surface area contributed by atoms with E-state index < -0.39 is 30.5 Å². The van der Waals surface area contributed by atoms with Gasteiger partial charge in [-0.25, -0.2) is 0 Å². The topological polar surface area (TPSA) is 57.6 Å². The molecule has 4 nitrogen and oxygen atoms in total. The van der Waals surface area contributed by atoms with Crippen LogP contribution in [-0.2, 0) is 9.59 Å². The minimum atomic E-state index is -4.58. The minimum absolute atomic E-state index is 0.223. The molecule has 0 bridgehead atoms. The van der Waals surface area contributed by atoms with Crippen LogP contribution in [0, 0.1) is 23.7 Å². The van der Waals surface area contributed by atoms with Gasteiger partial charge in [0.2, 0.25) is 5.91 Å². The summed E-state index contributed by atoms with van der Waals surface area (Å²) in [7, 11) is 0. The zero-order valence-electron chi connectivity index (χ0n) is 11.9. The van der Waals surface area contributed by atoms with E-state index in [-0.39, 0.29) is 24.8 Å². The summed E-state index contributed by atoms with van der Waals surface area (Å²) >= 11 is 0. The first-order chi connectivity index (χ1) is 9.68. The maximum absolute atomic E-state index is 12.9. The molecular formula is C14H20F3NO3. The van der Waals surface area contributed by atoms with Gasteiger partial charge in [0.05, 0.1) is 11.8 Å². The van der Waals surface area contributed by atoms with Gasteiger partial charge in [-0.05, 0) is 24.7 Å². The van der Waals surface area contributed by atoms with Gasteiger partial charge in [-0.2, -0.15) is 13.2 Å². The van der Waals surface area contributed by atoms with Crippen LogP contribution in [0.1, 0.15) is 32.6 Å². The van der Waals surface area contributed by atoms with Crippen molar-refractivity contribution in [3.05, 3.63) is 0 Å². The van der Waals surface area contributed by atoms with Crippen LogP contribution >= 0.6 is 0 Å². The third-order valence-electron chi connectivity index (χ3n) is 4.68. The molecule has 4 atom stereocenters. The summed E-state index contributed by atoms with van der Waals surface area (Å²) in [6.07, 6.45) is -1.46. The first-order valence-electron chi connectivity index (χ1n) is 7.25. The molecule has 1 heterocycles. The number of aliphatic carboxylic acids is 1. The van der Waals surface area contributed by atoms with Crippen molar-refractivity contribution >= 4 is 11.9 Å². The SMILES string of the molecule is CC1CCC(CC(=O)N2C[C@@H](C(F)(F)F)[C@H](C(=O)O)C2)C1. The first-order valence-corrected chi connectivity index (χ1v) is 7.25. The Morgan fingerprint density at radius 1 is 1.24 bits per heavy atom. The van der Waals surface area contributed by atoms with Crippen molar-refractivity contribution in [2.75, 3.05) is 13.1 Å². The fourth-order valence-electron chi connectivity index (χ4n) is 3.48. The number of alkyl halides is 3. The van der Waals surface area contributed by atoms with Gasteiger partial charge in [-0.1, -0.05) is 13.3 Å². The molecule has 120 valence electrons. The van der Waals surface area contributed by atoms with Crippen molar-refractivity contribution < 1.29 is 27.9 Å². The second kappa shape index (κ2) is 5.85. The molecule has 0 spiro atoms. The number of rotatable bonds is 3. The molecule has 21 heavy (non-hydrogen) atoms. The van der Waals surface area contributed by atoms with Crippen molar-refractivity contribution in [1.82, 2.24) is 4.90 Å². The summed E-state index contributed by atoms with van der Waals surface area (Å²) in [4.78, 5) is 24.2. The van der Waals surface area contributed by atoms with Gasteiger partial charge in [0.1, 0.15) is 0 Å². The number of hydrogen-bond acceptors (Lipinski definition) is 2. The van der Waals surface area contributed by atoms with E-state index in [4.69, 9.17) is 5.11 Å². The van der Waals surface area contributed by atoms with E-state index in [9.17, 15) is 22.8 Å². The average Bonchev–Trinajstić information content (AvgIpc) is 2.94. The van der Waals surface area contributed by atoms with Gasteiger partial charge in [-0.3, -0.25) is 9.59 Å².